The van der Waals surface area contributed by atoms with Crippen molar-refractivity contribution >= 4 is 43.8 Å². The highest BCUT2D eigenvalue weighted by Crippen LogP contribution is 2.27. The van der Waals surface area contributed by atoms with E-state index in [0.29, 0.717) is 59.7 Å². The molecule has 0 bridgehead atoms. The Morgan fingerprint density at radius 1 is 0.686 bits per heavy atom. The van der Waals surface area contributed by atoms with Crippen molar-refractivity contribution < 1.29 is 28.5 Å². The summed E-state index contributed by atoms with van der Waals surface area (Å²) >= 11 is 7.17. The van der Waals surface area contributed by atoms with Crippen LogP contribution in [0.3, 0.4) is 0 Å². The Morgan fingerprint density at radius 2 is 1.03 bits per heavy atom. The van der Waals surface area contributed by atoms with Gasteiger partial charge in [0.25, 0.3) is 0 Å². The van der Waals surface area contributed by atoms with E-state index in [4.69, 9.17) is 18.9 Å². The molecular formula is C27H34Br2O6. The third-order valence-corrected chi connectivity index (χ3v) is 7.31. The molecule has 0 atom stereocenters. The van der Waals surface area contributed by atoms with E-state index < -0.39 is 0 Å². The summed E-state index contributed by atoms with van der Waals surface area (Å²) in [6.07, 6.45) is 0. The van der Waals surface area contributed by atoms with Crippen molar-refractivity contribution in [1.82, 2.24) is 0 Å². The van der Waals surface area contributed by atoms with Crippen molar-refractivity contribution in [3.8, 4) is 11.5 Å². The van der Waals surface area contributed by atoms with Crippen LogP contribution in [0.1, 0.15) is 48.4 Å². The van der Waals surface area contributed by atoms with Crippen LogP contribution in [-0.2, 0) is 9.47 Å². The van der Waals surface area contributed by atoms with Gasteiger partial charge in [-0.05, 0) is 60.4 Å². The van der Waals surface area contributed by atoms with Crippen molar-refractivity contribution in [2.24, 2.45) is 17.3 Å². The molecule has 0 spiro atoms. The molecule has 0 unspecified atom stereocenters. The lowest BCUT2D eigenvalue weighted by Crippen LogP contribution is -2.38. The molecule has 0 saturated carbocycles. The predicted octanol–water partition coefficient (Wildman–Crippen LogP) is 6.55. The van der Waals surface area contributed by atoms with Gasteiger partial charge in [0.05, 0.1) is 43.0 Å². The second-order valence-electron chi connectivity index (χ2n) is 9.38. The summed E-state index contributed by atoms with van der Waals surface area (Å²) < 4.78 is 22.6. The van der Waals surface area contributed by atoms with Crippen molar-refractivity contribution in [1.29, 1.82) is 0 Å². The zero-order chi connectivity index (χ0) is 25.8. The van der Waals surface area contributed by atoms with Crippen molar-refractivity contribution in [2.45, 2.75) is 27.7 Å². The Balaban J connectivity index is 1.92. The second-order valence-corrected chi connectivity index (χ2v) is 10.5. The number of carbonyl (C=O) groups is 2. The van der Waals surface area contributed by atoms with E-state index >= 15 is 0 Å². The van der Waals surface area contributed by atoms with E-state index in [1.54, 1.807) is 48.5 Å². The average molecular weight is 614 g/mol. The van der Waals surface area contributed by atoms with Gasteiger partial charge in [0.1, 0.15) is 11.5 Å². The first-order valence-electron chi connectivity index (χ1n) is 11.6. The van der Waals surface area contributed by atoms with Gasteiger partial charge in [0, 0.05) is 10.7 Å². The van der Waals surface area contributed by atoms with Gasteiger partial charge in [-0.1, -0.05) is 59.6 Å². The maximum atomic E-state index is 12.1. The molecule has 0 fully saturated rings. The first-order chi connectivity index (χ1) is 16.7. The van der Waals surface area contributed by atoms with E-state index in [-0.39, 0.29) is 29.2 Å². The Morgan fingerprint density at radius 3 is 1.31 bits per heavy atom. The van der Waals surface area contributed by atoms with Crippen LogP contribution in [0.4, 0.5) is 0 Å². The summed E-state index contributed by atoms with van der Waals surface area (Å²) in [7, 11) is 0. The van der Waals surface area contributed by atoms with E-state index in [1.807, 2.05) is 27.7 Å². The normalized spacial score (nSPS) is 11.4. The highest BCUT2D eigenvalue weighted by Gasteiger charge is 2.30. The Bertz CT molecular complexity index is 848. The standard InChI is InChI=1S/C27H34Br2O6/c1-19(2)13-32-25(30)21-5-9-23(10-6-21)34-17-27(15-28,16-29)18-35-24-11-7-22(8-12-24)26(31)33-14-20(3)4/h5-12,19-20H,13-18H2,1-4H3. The van der Waals surface area contributed by atoms with Crippen LogP contribution < -0.4 is 9.47 Å². The molecule has 0 aromatic heterocycles. The molecule has 192 valence electrons. The van der Waals surface area contributed by atoms with E-state index in [1.165, 1.54) is 0 Å². The van der Waals surface area contributed by atoms with E-state index in [2.05, 4.69) is 31.9 Å². The molecule has 8 heteroatoms. The molecule has 0 radical (unpaired) electrons. The topological polar surface area (TPSA) is 71.1 Å². The van der Waals surface area contributed by atoms with Crippen LogP contribution in [0.15, 0.2) is 48.5 Å². The van der Waals surface area contributed by atoms with Crippen LogP contribution in [0, 0.1) is 17.3 Å². The number of halogens is 2. The van der Waals surface area contributed by atoms with Crippen LogP contribution >= 0.6 is 31.9 Å². The van der Waals surface area contributed by atoms with Gasteiger partial charge in [0.2, 0.25) is 0 Å². The molecule has 2 aromatic carbocycles. The molecule has 35 heavy (non-hydrogen) atoms. The minimum absolute atomic E-state index is 0.287. The van der Waals surface area contributed by atoms with Gasteiger partial charge < -0.3 is 18.9 Å². The number of benzene rings is 2. The molecule has 2 rings (SSSR count). The fraction of sp³-hybridized carbons (Fsp3) is 0.481. The number of alkyl halides is 2. The maximum Gasteiger partial charge on any atom is 0.338 e. The van der Waals surface area contributed by atoms with Crippen LogP contribution in [0.5, 0.6) is 11.5 Å². The highest BCUT2D eigenvalue weighted by atomic mass is 79.9. The number of rotatable bonds is 14. The number of ether oxygens (including phenoxy) is 4. The number of hydrogen-bond acceptors (Lipinski definition) is 6. The largest absolute Gasteiger partial charge is 0.493 e. The highest BCUT2D eigenvalue weighted by molar-refractivity contribution is 9.09. The summed E-state index contributed by atoms with van der Waals surface area (Å²) in [5.41, 5.74) is 0.638. The van der Waals surface area contributed by atoms with Gasteiger partial charge in [-0.25, -0.2) is 9.59 Å². The molecule has 2 aromatic rings. The van der Waals surface area contributed by atoms with Gasteiger partial charge in [0.15, 0.2) is 0 Å². The van der Waals surface area contributed by atoms with Gasteiger partial charge in [-0.2, -0.15) is 0 Å². The fourth-order valence-electron chi connectivity index (χ4n) is 2.73. The zero-order valence-electron chi connectivity index (χ0n) is 20.7. The third kappa shape index (κ3) is 9.84. The zero-order valence-corrected chi connectivity index (χ0v) is 23.9. The average Bonchev–Trinajstić information content (AvgIpc) is 2.87. The second kappa shape index (κ2) is 14.5. The molecule has 0 aliphatic heterocycles. The van der Waals surface area contributed by atoms with Crippen molar-refractivity contribution in [3.63, 3.8) is 0 Å². The fourth-order valence-corrected chi connectivity index (χ4v) is 4.31. The lowest BCUT2D eigenvalue weighted by atomic mass is 9.96. The lowest BCUT2D eigenvalue weighted by molar-refractivity contribution is 0.0450. The molecular weight excluding hydrogens is 580 g/mol. The molecule has 0 amide bonds. The van der Waals surface area contributed by atoms with Crippen LogP contribution in [-0.4, -0.2) is 49.0 Å². The Labute approximate surface area is 224 Å². The Hall–Kier alpha value is -2.06. The molecule has 0 aliphatic carbocycles. The molecule has 0 saturated heterocycles. The SMILES string of the molecule is CC(C)COC(=O)c1ccc(OCC(CBr)(CBr)COc2ccc(C(=O)OCC(C)C)cc2)cc1. The quantitative estimate of drug-likeness (QED) is 0.178. The van der Waals surface area contributed by atoms with E-state index in [0.717, 1.165) is 0 Å². The van der Waals surface area contributed by atoms with Crippen molar-refractivity contribution in [2.75, 3.05) is 37.1 Å². The minimum Gasteiger partial charge on any atom is -0.493 e. The summed E-state index contributed by atoms with van der Waals surface area (Å²) in [4.78, 5) is 24.2. The summed E-state index contributed by atoms with van der Waals surface area (Å²) in [6.45, 7) is 9.53. The minimum atomic E-state index is -0.344. The van der Waals surface area contributed by atoms with Gasteiger partial charge >= 0.3 is 11.9 Å². The third-order valence-electron chi connectivity index (χ3n) is 4.93. The number of esters is 2. The first kappa shape index (κ1) is 29.2. The monoisotopic (exact) mass is 612 g/mol. The smallest absolute Gasteiger partial charge is 0.338 e. The molecule has 6 nitrogen and oxygen atoms in total. The number of carbonyl (C=O) groups excluding carboxylic acids is 2. The van der Waals surface area contributed by atoms with Crippen molar-refractivity contribution in [3.05, 3.63) is 59.7 Å². The molecule has 0 N–H and O–H groups in total. The molecule has 0 heterocycles. The number of hydrogen-bond donors (Lipinski definition) is 0. The molecule has 0 aliphatic rings. The summed E-state index contributed by atoms with van der Waals surface area (Å²) in [5.74, 6) is 1.20. The van der Waals surface area contributed by atoms with Gasteiger partial charge in [-0.15, -0.1) is 0 Å². The maximum absolute atomic E-state index is 12.1. The first-order valence-corrected chi connectivity index (χ1v) is 13.8. The lowest BCUT2D eigenvalue weighted by Gasteiger charge is -2.29. The Kier molecular flexibility index (Phi) is 12.1. The van der Waals surface area contributed by atoms with Crippen LogP contribution in [0.2, 0.25) is 0 Å². The van der Waals surface area contributed by atoms with Gasteiger partial charge in [-0.3, -0.25) is 0 Å². The van der Waals surface area contributed by atoms with Crippen LogP contribution in [0.25, 0.3) is 0 Å². The predicted molar refractivity (Wildman–Crippen MR) is 144 cm³/mol. The summed E-state index contributed by atoms with van der Waals surface area (Å²) in [5, 5.41) is 1.29. The van der Waals surface area contributed by atoms with E-state index in [9.17, 15) is 9.59 Å². The summed E-state index contributed by atoms with van der Waals surface area (Å²) in [6, 6.07) is 13.8.